The summed E-state index contributed by atoms with van der Waals surface area (Å²) in [6, 6.07) is 7.81. The molecule has 0 aliphatic carbocycles. The lowest BCUT2D eigenvalue weighted by Gasteiger charge is -2.43. The minimum atomic E-state index is -1.80. The van der Waals surface area contributed by atoms with Gasteiger partial charge in [-0.3, -0.25) is 0 Å². The van der Waals surface area contributed by atoms with Gasteiger partial charge < -0.3 is 59.8 Å². The molecular formula is C20H28O13. The monoisotopic (exact) mass is 476 g/mol. The van der Waals surface area contributed by atoms with Crippen molar-refractivity contribution < 1.29 is 64.6 Å². The van der Waals surface area contributed by atoms with Gasteiger partial charge in [-0.25, -0.2) is 4.79 Å². The van der Waals surface area contributed by atoms with E-state index in [0.717, 1.165) is 0 Å². The van der Waals surface area contributed by atoms with Crippen LogP contribution < -0.4 is 0 Å². The van der Waals surface area contributed by atoms with Gasteiger partial charge in [-0.05, 0) is 5.56 Å². The zero-order valence-electron chi connectivity index (χ0n) is 17.3. The van der Waals surface area contributed by atoms with Gasteiger partial charge in [0.25, 0.3) is 0 Å². The average molecular weight is 476 g/mol. The standard InChI is InChI=1S/C20H28O13/c21-6-9-11(22)13(24)15(26)19(31-9)30-7-10-12(23)14(25)16(27)20(32-10)33-17(18(28)29)8-4-2-1-3-5-8/h1-5,9-17,19-27H,6-7H2,(H,28,29)/t9-,10-,11-,12-,13+,14+,15-,16-,17-,19-,20+/m1/s1. The fraction of sp³-hybridized carbons (Fsp3) is 0.650. The third-order valence-corrected chi connectivity index (χ3v) is 5.54. The van der Waals surface area contributed by atoms with Crippen molar-refractivity contribution >= 4 is 5.97 Å². The molecule has 2 aliphatic rings. The van der Waals surface area contributed by atoms with E-state index in [-0.39, 0.29) is 5.56 Å². The highest BCUT2D eigenvalue weighted by atomic mass is 16.7. The number of ether oxygens (including phenoxy) is 4. The van der Waals surface area contributed by atoms with Crippen LogP contribution in [0.1, 0.15) is 11.7 Å². The van der Waals surface area contributed by atoms with Gasteiger partial charge in [0.05, 0.1) is 13.2 Å². The summed E-state index contributed by atoms with van der Waals surface area (Å²) in [6.45, 7) is -1.24. The molecule has 2 heterocycles. The largest absolute Gasteiger partial charge is 0.479 e. The van der Waals surface area contributed by atoms with E-state index in [9.17, 15) is 45.6 Å². The first-order chi connectivity index (χ1) is 15.6. The topological polar surface area (TPSA) is 216 Å². The number of carbonyl (C=O) groups is 1. The average Bonchev–Trinajstić information content (AvgIpc) is 2.81. The Kier molecular flexibility index (Phi) is 8.71. The third kappa shape index (κ3) is 5.67. The van der Waals surface area contributed by atoms with Crippen LogP contribution in [0.4, 0.5) is 0 Å². The van der Waals surface area contributed by atoms with Crippen molar-refractivity contribution in [1.82, 2.24) is 0 Å². The van der Waals surface area contributed by atoms with Crippen LogP contribution in [-0.4, -0.2) is 121 Å². The lowest BCUT2D eigenvalue weighted by Crippen LogP contribution is -2.61. The Hall–Kier alpha value is -1.75. The van der Waals surface area contributed by atoms with Gasteiger partial charge in [0.2, 0.25) is 0 Å². The Morgan fingerprint density at radius 1 is 0.818 bits per heavy atom. The normalized spacial score (nSPS) is 40.3. The summed E-state index contributed by atoms with van der Waals surface area (Å²) in [4.78, 5) is 11.7. The number of aliphatic hydroxyl groups is 7. The van der Waals surface area contributed by atoms with E-state index in [1.54, 1.807) is 18.2 Å². The van der Waals surface area contributed by atoms with E-state index in [2.05, 4.69) is 0 Å². The summed E-state index contributed by atoms with van der Waals surface area (Å²) in [5, 5.41) is 79.2. The predicted octanol–water partition coefficient (Wildman–Crippen LogP) is -3.55. The highest BCUT2D eigenvalue weighted by Crippen LogP contribution is 2.29. The summed E-state index contributed by atoms with van der Waals surface area (Å²) >= 11 is 0. The lowest BCUT2D eigenvalue weighted by atomic mass is 9.98. The predicted molar refractivity (Wildman–Crippen MR) is 104 cm³/mol. The van der Waals surface area contributed by atoms with Crippen LogP contribution in [0, 0.1) is 0 Å². The molecule has 3 rings (SSSR count). The second-order valence-electron chi connectivity index (χ2n) is 7.81. The number of benzene rings is 1. The van der Waals surface area contributed by atoms with Crippen molar-refractivity contribution in [2.24, 2.45) is 0 Å². The van der Waals surface area contributed by atoms with E-state index in [1.165, 1.54) is 12.1 Å². The van der Waals surface area contributed by atoms with E-state index < -0.39 is 86.7 Å². The number of aliphatic carboxylic acids is 1. The molecule has 1 aromatic rings. The van der Waals surface area contributed by atoms with Gasteiger partial charge in [0.15, 0.2) is 18.7 Å². The minimum absolute atomic E-state index is 0.246. The van der Waals surface area contributed by atoms with Gasteiger partial charge >= 0.3 is 5.97 Å². The van der Waals surface area contributed by atoms with E-state index >= 15 is 0 Å². The van der Waals surface area contributed by atoms with Crippen molar-refractivity contribution in [3.05, 3.63) is 35.9 Å². The van der Waals surface area contributed by atoms with Gasteiger partial charge in [-0.2, -0.15) is 0 Å². The smallest absolute Gasteiger partial charge is 0.337 e. The van der Waals surface area contributed by atoms with Crippen LogP contribution in [0.2, 0.25) is 0 Å². The van der Waals surface area contributed by atoms with E-state index in [4.69, 9.17) is 18.9 Å². The molecule has 0 bridgehead atoms. The van der Waals surface area contributed by atoms with Crippen LogP contribution in [0.3, 0.4) is 0 Å². The van der Waals surface area contributed by atoms with Gasteiger partial charge in [-0.1, -0.05) is 30.3 Å². The highest BCUT2D eigenvalue weighted by Gasteiger charge is 2.48. The van der Waals surface area contributed by atoms with Crippen LogP contribution in [0.15, 0.2) is 30.3 Å². The third-order valence-electron chi connectivity index (χ3n) is 5.54. The number of hydrogen-bond donors (Lipinski definition) is 8. The summed E-state index contributed by atoms with van der Waals surface area (Å²) in [7, 11) is 0. The van der Waals surface area contributed by atoms with E-state index in [1.807, 2.05) is 0 Å². The number of aliphatic hydroxyl groups excluding tert-OH is 7. The van der Waals surface area contributed by atoms with Crippen LogP contribution >= 0.6 is 0 Å². The number of carboxylic acids is 1. The highest BCUT2D eigenvalue weighted by molar-refractivity contribution is 5.74. The second kappa shape index (κ2) is 11.1. The molecule has 0 spiro atoms. The van der Waals surface area contributed by atoms with E-state index in [0.29, 0.717) is 0 Å². The number of carboxylic acid groups (broad SMARTS) is 1. The molecule has 13 nitrogen and oxygen atoms in total. The first kappa shape index (κ1) is 25.9. The second-order valence-corrected chi connectivity index (χ2v) is 7.81. The van der Waals surface area contributed by atoms with Crippen molar-refractivity contribution in [3.8, 4) is 0 Å². The summed E-state index contributed by atoms with van der Waals surface area (Å²) in [6.07, 6.45) is -17.6. The molecule has 13 heteroatoms. The Morgan fingerprint density at radius 3 is 1.94 bits per heavy atom. The van der Waals surface area contributed by atoms with Gasteiger partial charge in [0.1, 0.15) is 48.8 Å². The van der Waals surface area contributed by atoms with Crippen molar-refractivity contribution in [1.29, 1.82) is 0 Å². The first-order valence-electron chi connectivity index (χ1n) is 10.2. The quantitative estimate of drug-likeness (QED) is 0.183. The van der Waals surface area contributed by atoms with Crippen molar-refractivity contribution in [2.45, 2.75) is 67.5 Å². The maximum atomic E-state index is 11.7. The molecule has 2 aliphatic heterocycles. The molecule has 186 valence electrons. The maximum Gasteiger partial charge on any atom is 0.337 e. The Morgan fingerprint density at radius 2 is 1.36 bits per heavy atom. The van der Waals surface area contributed by atoms with Crippen LogP contribution in [0.25, 0.3) is 0 Å². The lowest BCUT2D eigenvalue weighted by molar-refractivity contribution is -0.335. The Balaban J connectivity index is 1.68. The zero-order chi connectivity index (χ0) is 24.3. The molecule has 2 saturated heterocycles. The Bertz CT molecular complexity index is 762. The molecule has 0 unspecified atom stereocenters. The molecule has 0 radical (unpaired) electrons. The molecule has 0 amide bonds. The molecule has 11 atom stereocenters. The molecule has 1 aromatic carbocycles. The van der Waals surface area contributed by atoms with Crippen molar-refractivity contribution in [2.75, 3.05) is 13.2 Å². The van der Waals surface area contributed by atoms with Gasteiger partial charge in [-0.15, -0.1) is 0 Å². The van der Waals surface area contributed by atoms with Crippen LogP contribution in [-0.2, 0) is 23.7 Å². The molecular weight excluding hydrogens is 448 g/mol. The number of rotatable bonds is 8. The number of hydrogen-bond acceptors (Lipinski definition) is 12. The summed E-state index contributed by atoms with van der Waals surface area (Å²) in [5.41, 5.74) is 0.246. The Labute approximate surface area is 187 Å². The zero-order valence-corrected chi connectivity index (χ0v) is 17.3. The minimum Gasteiger partial charge on any atom is -0.479 e. The summed E-state index contributed by atoms with van der Waals surface area (Å²) in [5.74, 6) is -1.38. The molecule has 0 aromatic heterocycles. The summed E-state index contributed by atoms with van der Waals surface area (Å²) < 4.78 is 21.4. The molecule has 33 heavy (non-hydrogen) atoms. The fourth-order valence-corrected chi connectivity index (χ4v) is 3.60. The van der Waals surface area contributed by atoms with Gasteiger partial charge in [0, 0.05) is 0 Å². The molecule has 0 saturated carbocycles. The SMILES string of the molecule is O=C(O)[C@H](O[C@@H]1O[C@H](CO[C@@H]2O[C@H](CO)[C@@H](O)[C@H](O)[C@H]2O)[C@@H](O)[C@H](O)[C@H]1O)c1ccccc1. The first-order valence-corrected chi connectivity index (χ1v) is 10.2. The molecule has 2 fully saturated rings. The maximum absolute atomic E-state index is 11.7. The molecule has 8 N–H and O–H groups in total. The fourth-order valence-electron chi connectivity index (χ4n) is 3.60. The van der Waals surface area contributed by atoms with Crippen LogP contribution in [0.5, 0.6) is 0 Å². The van der Waals surface area contributed by atoms with Crippen molar-refractivity contribution in [3.63, 3.8) is 0 Å².